The van der Waals surface area contributed by atoms with E-state index in [1.165, 1.54) is 4.90 Å². The number of hydrogen-bond donors (Lipinski definition) is 1. The lowest BCUT2D eigenvalue weighted by molar-refractivity contribution is -0.140. The van der Waals surface area contributed by atoms with Crippen molar-refractivity contribution in [2.24, 2.45) is 0 Å². The molecule has 1 aromatic heterocycles. The summed E-state index contributed by atoms with van der Waals surface area (Å²) in [5.74, 6) is -0.558. The van der Waals surface area contributed by atoms with Gasteiger partial charge in [0.25, 0.3) is 11.7 Å². The minimum Gasteiger partial charge on any atom is -0.507 e. The number of Topliss-reactive ketones (excluding diaryl/α,β-unsaturated/α-hetero) is 1. The van der Waals surface area contributed by atoms with Gasteiger partial charge in [0.1, 0.15) is 19.0 Å². The van der Waals surface area contributed by atoms with E-state index in [2.05, 4.69) is 11.9 Å². The molecule has 7 heteroatoms. The summed E-state index contributed by atoms with van der Waals surface area (Å²) in [5, 5.41) is 11.3. The van der Waals surface area contributed by atoms with Gasteiger partial charge in [-0.1, -0.05) is 37.3 Å². The van der Waals surface area contributed by atoms with Crippen LogP contribution in [0.25, 0.3) is 5.76 Å². The molecule has 5 rings (SSSR count). The predicted octanol–water partition coefficient (Wildman–Crippen LogP) is 4.04. The van der Waals surface area contributed by atoms with Crippen molar-refractivity contribution < 1.29 is 24.2 Å². The molecular formula is C27H24N2O5. The van der Waals surface area contributed by atoms with Crippen LogP contribution >= 0.6 is 0 Å². The van der Waals surface area contributed by atoms with Crippen molar-refractivity contribution in [3.8, 4) is 11.5 Å². The zero-order valence-corrected chi connectivity index (χ0v) is 18.7. The van der Waals surface area contributed by atoms with E-state index in [9.17, 15) is 14.7 Å². The maximum atomic E-state index is 13.2. The van der Waals surface area contributed by atoms with Gasteiger partial charge < -0.3 is 19.5 Å². The molecule has 1 N–H and O–H groups in total. The van der Waals surface area contributed by atoms with Gasteiger partial charge in [-0.3, -0.25) is 14.6 Å². The van der Waals surface area contributed by atoms with E-state index in [-0.39, 0.29) is 17.9 Å². The van der Waals surface area contributed by atoms with Crippen LogP contribution in [0, 0.1) is 0 Å². The monoisotopic (exact) mass is 456 g/mol. The summed E-state index contributed by atoms with van der Waals surface area (Å²) in [7, 11) is 0. The molecule has 7 nitrogen and oxygen atoms in total. The third kappa shape index (κ3) is 3.90. The summed E-state index contributed by atoms with van der Waals surface area (Å²) in [4.78, 5) is 32.0. The predicted molar refractivity (Wildman–Crippen MR) is 125 cm³/mol. The van der Waals surface area contributed by atoms with Crippen LogP contribution in [0.15, 0.2) is 72.6 Å². The number of carbonyl (C=O) groups is 2. The molecular weight excluding hydrogens is 432 g/mol. The van der Waals surface area contributed by atoms with Gasteiger partial charge in [-0.25, -0.2) is 0 Å². The second kappa shape index (κ2) is 9.02. The molecule has 1 atom stereocenters. The van der Waals surface area contributed by atoms with E-state index in [1.807, 2.05) is 30.3 Å². The number of hydrogen-bond acceptors (Lipinski definition) is 6. The zero-order valence-electron chi connectivity index (χ0n) is 18.7. The Morgan fingerprint density at radius 1 is 1.03 bits per heavy atom. The molecule has 1 unspecified atom stereocenters. The van der Waals surface area contributed by atoms with Crippen LogP contribution in [0.2, 0.25) is 0 Å². The van der Waals surface area contributed by atoms with Gasteiger partial charge in [0.15, 0.2) is 11.5 Å². The number of carbonyl (C=O) groups excluding carboxylic acids is 2. The SMILES string of the molecule is CCc1ccc(C2/C(=C(/O)c3ccc4c(c3)OCCO4)C(=O)C(=O)N2Cc2cccnc2)cc1. The van der Waals surface area contributed by atoms with Gasteiger partial charge in [0.2, 0.25) is 0 Å². The number of aromatic nitrogens is 1. The van der Waals surface area contributed by atoms with E-state index in [0.29, 0.717) is 30.3 Å². The summed E-state index contributed by atoms with van der Waals surface area (Å²) in [5.41, 5.74) is 3.12. The normalized spacial score (nSPS) is 18.9. The van der Waals surface area contributed by atoms with Crippen molar-refractivity contribution in [1.82, 2.24) is 9.88 Å². The maximum Gasteiger partial charge on any atom is 0.295 e. The number of ether oxygens (including phenoxy) is 2. The van der Waals surface area contributed by atoms with Crippen LogP contribution in [0.5, 0.6) is 11.5 Å². The number of benzene rings is 2. The van der Waals surface area contributed by atoms with Crippen LogP contribution < -0.4 is 9.47 Å². The van der Waals surface area contributed by atoms with Gasteiger partial charge in [-0.15, -0.1) is 0 Å². The van der Waals surface area contributed by atoms with E-state index >= 15 is 0 Å². The van der Waals surface area contributed by atoms with Crippen molar-refractivity contribution in [3.63, 3.8) is 0 Å². The molecule has 0 aliphatic carbocycles. The fourth-order valence-corrected chi connectivity index (χ4v) is 4.36. The van der Waals surface area contributed by atoms with Crippen LogP contribution in [-0.4, -0.2) is 39.9 Å². The molecule has 0 spiro atoms. The van der Waals surface area contributed by atoms with E-state index < -0.39 is 17.7 Å². The quantitative estimate of drug-likeness (QED) is 0.354. The highest BCUT2D eigenvalue weighted by Crippen LogP contribution is 2.41. The molecule has 1 amide bonds. The standard InChI is InChI=1S/C27H24N2O5/c1-2-17-5-7-19(8-6-17)24-23(25(30)20-9-10-21-22(14-20)34-13-12-33-21)26(31)27(32)29(24)16-18-4-3-11-28-15-18/h3-11,14-15,24,30H,2,12-13,16H2,1H3/b25-23-. The van der Waals surface area contributed by atoms with Crippen molar-refractivity contribution in [3.05, 3.63) is 94.8 Å². The van der Waals surface area contributed by atoms with Gasteiger partial charge in [0, 0.05) is 24.5 Å². The van der Waals surface area contributed by atoms with Gasteiger partial charge in [0.05, 0.1) is 11.6 Å². The lowest BCUT2D eigenvalue weighted by Crippen LogP contribution is -2.29. The largest absolute Gasteiger partial charge is 0.507 e. The molecule has 2 aliphatic rings. The van der Waals surface area contributed by atoms with E-state index in [4.69, 9.17) is 9.47 Å². The molecule has 0 radical (unpaired) electrons. The first-order chi connectivity index (χ1) is 16.6. The Labute approximate surface area is 197 Å². The molecule has 34 heavy (non-hydrogen) atoms. The van der Waals surface area contributed by atoms with Gasteiger partial charge in [-0.05, 0) is 47.4 Å². The van der Waals surface area contributed by atoms with Crippen molar-refractivity contribution in [2.75, 3.05) is 13.2 Å². The fraction of sp³-hybridized carbons (Fsp3) is 0.222. The number of pyridine rings is 1. The highest BCUT2D eigenvalue weighted by Gasteiger charge is 2.46. The van der Waals surface area contributed by atoms with Gasteiger partial charge >= 0.3 is 0 Å². The molecule has 3 heterocycles. The third-order valence-corrected chi connectivity index (χ3v) is 6.13. The molecule has 2 aromatic carbocycles. The number of ketones is 1. The second-order valence-electron chi connectivity index (χ2n) is 8.24. The van der Waals surface area contributed by atoms with Gasteiger partial charge in [-0.2, -0.15) is 0 Å². The van der Waals surface area contributed by atoms with E-state index in [0.717, 1.165) is 23.1 Å². The van der Waals surface area contributed by atoms with Crippen molar-refractivity contribution in [2.45, 2.75) is 25.9 Å². The Balaban J connectivity index is 1.62. The number of aliphatic hydroxyl groups excluding tert-OH is 1. The molecule has 2 aliphatic heterocycles. The number of likely N-dealkylation sites (tertiary alicyclic amines) is 1. The number of aliphatic hydroxyl groups is 1. The minimum atomic E-state index is -0.737. The average molecular weight is 456 g/mol. The smallest absolute Gasteiger partial charge is 0.295 e. The highest BCUT2D eigenvalue weighted by atomic mass is 16.6. The molecule has 0 bridgehead atoms. The first-order valence-electron chi connectivity index (χ1n) is 11.2. The Morgan fingerprint density at radius 3 is 2.50 bits per heavy atom. The number of fused-ring (bicyclic) bond motifs is 1. The van der Waals surface area contributed by atoms with Crippen LogP contribution in [0.4, 0.5) is 0 Å². The Morgan fingerprint density at radius 2 is 1.79 bits per heavy atom. The summed E-state index contributed by atoms with van der Waals surface area (Å²) in [6.07, 6.45) is 4.19. The highest BCUT2D eigenvalue weighted by molar-refractivity contribution is 6.46. The van der Waals surface area contributed by atoms with Crippen LogP contribution in [-0.2, 0) is 22.6 Å². The molecule has 172 valence electrons. The Bertz CT molecular complexity index is 1270. The lowest BCUT2D eigenvalue weighted by atomic mass is 9.94. The Hall–Kier alpha value is -4.13. The Kier molecular flexibility index (Phi) is 5.76. The van der Waals surface area contributed by atoms with Crippen molar-refractivity contribution >= 4 is 17.4 Å². The lowest BCUT2D eigenvalue weighted by Gasteiger charge is -2.25. The summed E-state index contributed by atoms with van der Waals surface area (Å²) in [6.45, 7) is 3.10. The average Bonchev–Trinajstić information content (AvgIpc) is 3.13. The van der Waals surface area contributed by atoms with E-state index in [1.54, 1.807) is 36.7 Å². The van der Waals surface area contributed by atoms with Crippen molar-refractivity contribution in [1.29, 1.82) is 0 Å². The van der Waals surface area contributed by atoms with Crippen LogP contribution in [0.1, 0.15) is 35.2 Å². The van der Waals surface area contributed by atoms with Crippen LogP contribution in [0.3, 0.4) is 0 Å². The summed E-state index contributed by atoms with van der Waals surface area (Å²) >= 11 is 0. The third-order valence-electron chi connectivity index (χ3n) is 6.13. The first kappa shape index (κ1) is 21.7. The topological polar surface area (TPSA) is 89.0 Å². The zero-order chi connectivity index (χ0) is 23.7. The first-order valence-corrected chi connectivity index (χ1v) is 11.2. The fourth-order valence-electron chi connectivity index (χ4n) is 4.36. The molecule has 3 aromatic rings. The maximum absolute atomic E-state index is 13.2. The summed E-state index contributed by atoms with van der Waals surface area (Å²) in [6, 6.07) is 15.7. The summed E-state index contributed by atoms with van der Waals surface area (Å²) < 4.78 is 11.2. The molecule has 0 saturated carbocycles. The second-order valence-corrected chi connectivity index (χ2v) is 8.24. The number of rotatable bonds is 5. The number of amides is 1. The number of aryl methyl sites for hydroxylation is 1. The minimum absolute atomic E-state index is 0.0508. The number of nitrogens with zero attached hydrogens (tertiary/aromatic N) is 2. The molecule has 1 fully saturated rings. The molecule has 1 saturated heterocycles.